The van der Waals surface area contributed by atoms with Crippen LogP contribution in [0.2, 0.25) is 0 Å². The van der Waals surface area contributed by atoms with E-state index in [1.165, 1.54) is 7.11 Å². The van der Waals surface area contributed by atoms with Gasteiger partial charge in [-0.3, -0.25) is 9.59 Å². The van der Waals surface area contributed by atoms with Crippen molar-refractivity contribution in [2.45, 2.75) is 46.2 Å². The highest BCUT2D eigenvalue weighted by Crippen LogP contribution is 2.35. The first-order chi connectivity index (χ1) is 15.8. The second-order valence-electron chi connectivity index (χ2n) is 9.24. The third-order valence-electron chi connectivity index (χ3n) is 7.11. The highest BCUT2D eigenvalue weighted by Gasteiger charge is 2.28. The molecule has 1 fully saturated rings. The van der Waals surface area contributed by atoms with Crippen LogP contribution in [0.15, 0.2) is 35.1 Å². The lowest BCUT2D eigenvalue weighted by Gasteiger charge is -2.34. The average Bonchev–Trinajstić information content (AvgIpc) is 3.09. The molecule has 1 amide bonds. The summed E-state index contributed by atoms with van der Waals surface area (Å²) in [6.07, 6.45) is 2.31. The lowest BCUT2D eigenvalue weighted by atomic mass is 9.90. The van der Waals surface area contributed by atoms with Gasteiger partial charge in [-0.15, -0.1) is 0 Å². The Labute approximate surface area is 194 Å². The van der Waals surface area contributed by atoms with E-state index >= 15 is 0 Å². The molecule has 0 saturated carbocycles. The van der Waals surface area contributed by atoms with Crippen LogP contribution < -0.4 is 15.6 Å². The van der Waals surface area contributed by atoms with Crippen LogP contribution in [0.4, 0.5) is 0 Å². The maximum absolute atomic E-state index is 13.4. The number of pyridine rings is 1. The number of hydrogen-bond acceptors (Lipinski definition) is 4. The molecule has 176 valence electrons. The smallest absolute Gasteiger partial charge is 0.256 e. The zero-order valence-corrected chi connectivity index (χ0v) is 20.2. The van der Waals surface area contributed by atoms with E-state index in [0.29, 0.717) is 34.5 Å². The lowest BCUT2D eigenvalue weighted by molar-refractivity contribution is 0.0951. The number of piperidine rings is 1. The first kappa shape index (κ1) is 23.1. The third kappa shape index (κ3) is 4.42. The number of fused-ring (bicyclic) bond motifs is 1. The average molecular weight is 451 g/mol. The predicted octanol–water partition coefficient (Wildman–Crippen LogP) is 3.79. The molecule has 0 aliphatic carbocycles. The SMILES string of the molecule is COc1cc(C)[nH]c(=O)c1CNC(=O)c1c(C)n(C(C)C2CCN(C)CC2)c2ccccc12. The summed E-state index contributed by atoms with van der Waals surface area (Å²) in [6.45, 7) is 8.41. The van der Waals surface area contributed by atoms with Crippen LogP contribution >= 0.6 is 0 Å². The van der Waals surface area contributed by atoms with E-state index in [4.69, 9.17) is 4.74 Å². The topological polar surface area (TPSA) is 79.4 Å². The van der Waals surface area contributed by atoms with Crippen molar-refractivity contribution in [2.24, 2.45) is 5.92 Å². The molecule has 4 rings (SSSR count). The molecule has 33 heavy (non-hydrogen) atoms. The van der Waals surface area contributed by atoms with Crippen molar-refractivity contribution in [1.29, 1.82) is 0 Å². The van der Waals surface area contributed by atoms with Crippen LogP contribution in [0.3, 0.4) is 0 Å². The summed E-state index contributed by atoms with van der Waals surface area (Å²) in [6, 6.07) is 10.2. The van der Waals surface area contributed by atoms with E-state index in [9.17, 15) is 9.59 Å². The number of carbonyl (C=O) groups excluding carboxylic acids is 1. The monoisotopic (exact) mass is 450 g/mol. The molecule has 1 saturated heterocycles. The maximum Gasteiger partial charge on any atom is 0.256 e. The standard InChI is InChI=1S/C26H34N4O3/c1-16-14-23(33-5)21(25(31)28-16)15-27-26(32)24-18(3)30(22-9-7-6-8-20(22)24)17(2)19-10-12-29(4)13-11-19/h6-9,14,17,19H,10-13,15H2,1-5H3,(H,27,32)(H,28,31). The fourth-order valence-electron chi connectivity index (χ4n) is 5.22. The number of para-hydroxylation sites is 1. The highest BCUT2D eigenvalue weighted by molar-refractivity contribution is 6.08. The molecule has 0 bridgehead atoms. The summed E-state index contributed by atoms with van der Waals surface area (Å²) in [5.41, 5.74) is 3.60. The van der Waals surface area contributed by atoms with E-state index in [1.807, 2.05) is 25.1 Å². The fourth-order valence-corrected chi connectivity index (χ4v) is 5.22. The first-order valence-electron chi connectivity index (χ1n) is 11.6. The Balaban J connectivity index is 1.65. The molecular weight excluding hydrogens is 416 g/mol. The Bertz CT molecular complexity index is 1220. The van der Waals surface area contributed by atoms with Gasteiger partial charge in [-0.05, 0) is 71.8 Å². The molecule has 2 aromatic heterocycles. The minimum atomic E-state index is -0.248. The summed E-state index contributed by atoms with van der Waals surface area (Å²) in [7, 11) is 3.70. The fraction of sp³-hybridized carbons (Fsp3) is 0.462. The van der Waals surface area contributed by atoms with Crippen molar-refractivity contribution < 1.29 is 9.53 Å². The summed E-state index contributed by atoms with van der Waals surface area (Å²) < 4.78 is 7.70. The van der Waals surface area contributed by atoms with Gasteiger partial charge in [-0.25, -0.2) is 0 Å². The molecule has 2 N–H and O–H groups in total. The van der Waals surface area contributed by atoms with Gasteiger partial charge in [-0.2, -0.15) is 0 Å². The molecule has 1 aliphatic heterocycles. The number of aryl methyl sites for hydroxylation is 1. The number of carbonyl (C=O) groups is 1. The number of aromatic amines is 1. The van der Waals surface area contributed by atoms with Crippen LogP contribution in [0.1, 0.15) is 53.1 Å². The minimum absolute atomic E-state index is 0.0983. The number of hydrogen-bond donors (Lipinski definition) is 2. The molecule has 0 radical (unpaired) electrons. The van der Waals surface area contributed by atoms with Gasteiger partial charge < -0.3 is 24.5 Å². The highest BCUT2D eigenvalue weighted by atomic mass is 16.5. The van der Waals surface area contributed by atoms with Gasteiger partial charge >= 0.3 is 0 Å². The normalized spacial score (nSPS) is 16.2. The number of aromatic nitrogens is 2. The molecule has 7 heteroatoms. The second kappa shape index (κ2) is 9.43. The van der Waals surface area contributed by atoms with Crippen molar-refractivity contribution in [3.05, 3.63) is 63.2 Å². The number of rotatable bonds is 6. The second-order valence-corrected chi connectivity index (χ2v) is 9.24. The van der Waals surface area contributed by atoms with E-state index in [-0.39, 0.29) is 18.0 Å². The number of likely N-dealkylation sites (tertiary alicyclic amines) is 1. The zero-order chi connectivity index (χ0) is 23.7. The van der Waals surface area contributed by atoms with Crippen molar-refractivity contribution >= 4 is 16.8 Å². The molecule has 7 nitrogen and oxygen atoms in total. The van der Waals surface area contributed by atoms with Gasteiger partial charge in [0.2, 0.25) is 0 Å². The van der Waals surface area contributed by atoms with Gasteiger partial charge in [0.1, 0.15) is 5.75 Å². The third-order valence-corrected chi connectivity index (χ3v) is 7.11. The summed E-state index contributed by atoms with van der Waals surface area (Å²) in [5.74, 6) is 0.869. The Morgan fingerprint density at radius 1 is 1.24 bits per heavy atom. The van der Waals surface area contributed by atoms with E-state index in [2.05, 4.69) is 39.8 Å². The maximum atomic E-state index is 13.4. The first-order valence-corrected chi connectivity index (χ1v) is 11.6. The van der Waals surface area contributed by atoms with E-state index < -0.39 is 0 Å². The van der Waals surface area contributed by atoms with Crippen molar-refractivity contribution in [3.8, 4) is 5.75 Å². The van der Waals surface area contributed by atoms with Gasteiger partial charge in [0, 0.05) is 28.3 Å². The Hall–Kier alpha value is -3.06. The van der Waals surface area contributed by atoms with Gasteiger partial charge in [0.05, 0.1) is 24.8 Å². The van der Waals surface area contributed by atoms with E-state index in [1.54, 1.807) is 13.0 Å². The number of benzene rings is 1. The molecule has 3 aromatic rings. The van der Waals surface area contributed by atoms with Crippen molar-refractivity contribution in [1.82, 2.24) is 19.8 Å². The Morgan fingerprint density at radius 3 is 2.64 bits per heavy atom. The van der Waals surface area contributed by atoms with Crippen molar-refractivity contribution in [2.75, 3.05) is 27.2 Å². The van der Waals surface area contributed by atoms with Crippen LogP contribution in [0.5, 0.6) is 5.75 Å². The number of nitrogens with zero attached hydrogens (tertiary/aromatic N) is 2. The summed E-state index contributed by atoms with van der Waals surface area (Å²) in [5, 5.41) is 3.90. The molecule has 1 atom stereocenters. The molecule has 1 aromatic carbocycles. The number of ether oxygens (including phenoxy) is 1. The number of H-pyrrole nitrogens is 1. The predicted molar refractivity (Wildman–Crippen MR) is 131 cm³/mol. The van der Waals surface area contributed by atoms with Gasteiger partial charge in [-0.1, -0.05) is 18.2 Å². The molecule has 0 spiro atoms. The lowest BCUT2D eigenvalue weighted by Crippen LogP contribution is -2.33. The Morgan fingerprint density at radius 2 is 1.94 bits per heavy atom. The van der Waals surface area contributed by atoms with Crippen LogP contribution in [0, 0.1) is 19.8 Å². The van der Waals surface area contributed by atoms with Crippen LogP contribution in [-0.2, 0) is 6.54 Å². The quantitative estimate of drug-likeness (QED) is 0.599. The van der Waals surface area contributed by atoms with Crippen molar-refractivity contribution in [3.63, 3.8) is 0 Å². The summed E-state index contributed by atoms with van der Waals surface area (Å²) >= 11 is 0. The Kier molecular flexibility index (Phi) is 6.61. The number of amides is 1. The van der Waals surface area contributed by atoms with Gasteiger partial charge in [0.25, 0.3) is 11.5 Å². The summed E-state index contributed by atoms with van der Waals surface area (Å²) in [4.78, 5) is 31.0. The molecular formula is C26H34N4O3. The molecule has 1 aliphatic rings. The van der Waals surface area contributed by atoms with E-state index in [0.717, 1.165) is 42.5 Å². The van der Waals surface area contributed by atoms with Crippen LogP contribution in [-0.4, -0.2) is 47.6 Å². The number of nitrogens with one attached hydrogen (secondary N) is 2. The largest absolute Gasteiger partial charge is 0.496 e. The molecule has 1 unspecified atom stereocenters. The minimum Gasteiger partial charge on any atom is -0.496 e. The molecule has 3 heterocycles. The van der Waals surface area contributed by atoms with Gasteiger partial charge in [0.15, 0.2) is 0 Å². The van der Waals surface area contributed by atoms with Crippen LogP contribution in [0.25, 0.3) is 10.9 Å². The number of methoxy groups -OCH3 is 1. The zero-order valence-electron chi connectivity index (χ0n) is 20.2.